The first-order chi connectivity index (χ1) is 8.90. The summed E-state index contributed by atoms with van der Waals surface area (Å²) in [6.45, 7) is 6.38. The molecule has 0 unspecified atom stereocenters. The number of allylic oxidation sites excluding steroid dienone is 3. The Hall–Kier alpha value is -1.50. The predicted octanol–water partition coefficient (Wildman–Crippen LogP) is 4.09. The maximum atomic E-state index is 3.86. The Balaban J connectivity index is 2.02. The highest BCUT2D eigenvalue weighted by Gasteiger charge is 2.32. The molecule has 2 bridgehead atoms. The second-order valence-electron chi connectivity index (χ2n) is 5.32. The molecule has 1 nitrogen and oxygen atoms in total. The molecule has 0 radical (unpaired) electrons. The van der Waals surface area contributed by atoms with Gasteiger partial charge in [0.15, 0.2) is 0 Å². The molecular formula is C17H21N. The van der Waals surface area contributed by atoms with Gasteiger partial charge in [-0.3, -0.25) is 0 Å². The second kappa shape index (κ2) is 5.01. The van der Waals surface area contributed by atoms with Gasteiger partial charge in [-0.25, -0.2) is 0 Å². The zero-order chi connectivity index (χ0) is 12.4. The summed E-state index contributed by atoms with van der Waals surface area (Å²) in [5, 5.41) is 0. The molecule has 0 spiro atoms. The summed E-state index contributed by atoms with van der Waals surface area (Å²) in [5.74, 6) is 0.789. The van der Waals surface area contributed by atoms with Gasteiger partial charge in [0, 0.05) is 18.8 Å². The first kappa shape index (κ1) is 11.6. The average Bonchev–Trinajstić information content (AvgIpc) is 2.46. The maximum absolute atomic E-state index is 3.86. The molecule has 0 atom stereocenters. The van der Waals surface area contributed by atoms with Gasteiger partial charge in [0.25, 0.3) is 0 Å². The second-order valence-corrected chi connectivity index (χ2v) is 5.32. The highest BCUT2D eigenvalue weighted by molar-refractivity contribution is 5.71. The Morgan fingerprint density at radius 3 is 2.56 bits per heavy atom. The van der Waals surface area contributed by atoms with Crippen molar-refractivity contribution in [3.05, 3.63) is 54.2 Å². The monoisotopic (exact) mass is 239 g/mol. The van der Waals surface area contributed by atoms with Gasteiger partial charge in [0.1, 0.15) is 0 Å². The maximum Gasteiger partial charge on any atom is 0.0180 e. The van der Waals surface area contributed by atoms with Crippen LogP contribution in [0.5, 0.6) is 0 Å². The van der Waals surface area contributed by atoms with Crippen LogP contribution in [0.15, 0.2) is 48.7 Å². The fraction of sp³-hybridized carbons (Fsp3) is 0.412. The third-order valence-electron chi connectivity index (χ3n) is 4.27. The van der Waals surface area contributed by atoms with E-state index < -0.39 is 0 Å². The van der Waals surface area contributed by atoms with E-state index in [0.29, 0.717) is 0 Å². The van der Waals surface area contributed by atoms with Crippen LogP contribution in [0.25, 0.3) is 5.57 Å². The number of nitrogens with zero attached hydrogens (tertiary/aromatic N) is 1. The van der Waals surface area contributed by atoms with Gasteiger partial charge in [-0.1, -0.05) is 36.4 Å². The topological polar surface area (TPSA) is 3.24 Å². The van der Waals surface area contributed by atoms with Crippen LogP contribution in [0.3, 0.4) is 0 Å². The normalized spacial score (nSPS) is 19.4. The van der Waals surface area contributed by atoms with Gasteiger partial charge in [-0.2, -0.15) is 0 Å². The smallest absolute Gasteiger partial charge is 0.0180 e. The van der Waals surface area contributed by atoms with Gasteiger partial charge in [0.05, 0.1) is 0 Å². The highest BCUT2D eigenvalue weighted by Crippen LogP contribution is 2.42. The lowest BCUT2D eigenvalue weighted by molar-refractivity contribution is 0.222. The summed E-state index contributed by atoms with van der Waals surface area (Å²) < 4.78 is 0. The molecule has 1 aromatic carbocycles. The molecule has 1 fully saturated rings. The Labute approximate surface area is 110 Å². The number of fused-ring (bicyclic) bond motifs is 2. The Morgan fingerprint density at radius 1 is 1.17 bits per heavy atom. The Morgan fingerprint density at radius 2 is 1.89 bits per heavy atom. The van der Waals surface area contributed by atoms with Crippen molar-refractivity contribution >= 4 is 5.57 Å². The van der Waals surface area contributed by atoms with E-state index in [1.54, 1.807) is 11.3 Å². The highest BCUT2D eigenvalue weighted by atomic mass is 15.2. The Kier molecular flexibility index (Phi) is 3.22. The van der Waals surface area contributed by atoms with Crippen molar-refractivity contribution in [3.8, 4) is 0 Å². The van der Waals surface area contributed by atoms with Crippen molar-refractivity contribution in [3.63, 3.8) is 0 Å². The molecule has 0 N–H and O–H groups in total. The van der Waals surface area contributed by atoms with Crippen molar-refractivity contribution < 1.29 is 0 Å². The van der Waals surface area contributed by atoms with Crippen molar-refractivity contribution in [2.24, 2.45) is 5.92 Å². The van der Waals surface area contributed by atoms with E-state index in [1.807, 2.05) is 6.08 Å². The van der Waals surface area contributed by atoms with Crippen LogP contribution in [0.4, 0.5) is 0 Å². The molecule has 1 saturated heterocycles. The van der Waals surface area contributed by atoms with E-state index in [4.69, 9.17) is 0 Å². The lowest BCUT2D eigenvalue weighted by Gasteiger charge is -2.44. The fourth-order valence-corrected chi connectivity index (χ4v) is 3.40. The summed E-state index contributed by atoms with van der Waals surface area (Å²) in [7, 11) is 0. The summed E-state index contributed by atoms with van der Waals surface area (Å²) in [6, 6.07) is 11.0. The Bertz CT molecular complexity index is 450. The fourth-order valence-electron chi connectivity index (χ4n) is 3.40. The zero-order valence-corrected chi connectivity index (χ0v) is 10.9. The van der Waals surface area contributed by atoms with Crippen molar-refractivity contribution in [1.82, 2.24) is 4.90 Å². The van der Waals surface area contributed by atoms with Gasteiger partial charge >= 0.3 is 0 Å². The van der Waals surface area contributed by atoms with Crippen LogP contribution in [0.2, 0.25) is 0 Å². The van der Waals surface area contributed by atoms with Gasteiger partial charge in [-0.05, 0) is 42.7 Å². The molecule has 18 heavy (non-hydrogen) atoms. The minimum atomic E-state index is 0.789. The van der Waals surface area contributed by atoms with Gasteiger partial charge < -0.3 is 4.90 Å². The number of hydrogen-bond donors (Lipinski definition) is 0. The molecule has 0 aromatic heterocycles. The van der Waals surface area contributed by atoms with Crippen LogP contribution < -0.4 is 0 Å². The summed E-state index contributed by atoms with van der Waals surface area (Å²) in [5.41, 5.74) is 4.64. The van der Waals surface area contributed by atoms with Crippen LogP contribution >= 0.6 is 0 Å². The molecule has 3 heterocycles. The number of hydrogen-bond acceptors (Lipinski definition) is 1. The summed E-state index contributed by atoms with van der Waals surface area (Å²) in [4.78, 5) is 2.60. The van der Waals surface area contributed by atoms with E-state index in [9.17, 15) is 0 Å². The molecule has 1 heteroatoms. The van der Waals surface area contributed by atoms with Crippen molar-refractivity contribution in [2.45, 2.75) is 25.7 Å². The SMILES string of the molecule is C=CCCC1=C(c2ccccc2)C2CCN1CC2. The van der Waals surface area contributed by atoms with Crippen LogP contribution in [-0.2, 0) is 0 Å². The number of piperidine rings is 1. The third kappa shape index (κ3) is 1.98. The van der Waals surface area contributed by atoms with E-state index in [2.05, 4.69) is 41.8 Å². The van der Waals surface area contributed by atoms with Crippen LogP contribution in [-0.4, -0.2) is 18.0 Å². The van der Waals surface area contributed by atoms with E-state index in [1.165, 1.54) is 31.5 Å². The largest absolute Gasteiger partial charge is 0.375 e. The molecule has 0 aliphatic carbocycles. The number of benzene rings is 1. The van der Waals surface area contributed by atoms with Crippen LogP contribution in [0.1, 0.15) is 31.2 Å². The summed E-state index contributed by atoms with van der Waals surface area (Å²) in [6.07, 6.45) is 6.96. The minimum absolute atomic E-state index is 0.789. The lowest BCUT2D eigenvalue weighted by atomic mass is 9.78. The predicted molar refractivity (Wildman–Crippen MR) is 77.1 cm³/mol. The summed E-state index contributed by atoms with van der Waals surface area (Å²) >= 11 is 0. The third-order valence-corrected chi connectivity index (χ3v) is 4.27. The van der Waals surface area contributed by atoms with E-state index in [-0.39, 0.29) is 0 Å². The first-order valence-corrected chi connectivity index (χ1v) is 7.04. The zero-order valence-electron chi connectivity index (χ0n) is 10.9. The molecule has 3 aliphatic heterocycles. The molecule has 0 amide bonds. The molecule has 4 rings (SSSR count). The molecule has 0 saturated carbocycles. The van der Waals surface area contributed by atoms with Crippen LogP contribution in [0, 0.1) is 5.92 Å². The molecule has 3 aliphatic rings. The van der Waals surface area contributed by atoms with E-state index in [0.717, 1.165) is 18.8 Å². The quantitative estimate of drug-likeness (QED) is 0.715. The van der Waals surface area contributed by atoms with Crippen molar-refractivity contribution in [1.29, 1.82) is 0 Å². The minimum Gasteiger partial charge on any atom is -0.375 e. The molecule has 94 valence electrons. The van der Waals surface area contributed by atoms with Gasteiger partial charge in [0.2, 0.25) is 0 Å². The standard InChI is InChI=1S/C17H21N/c1-2-3-9-16-17(14-7-5-4-6-8-14)15-10-12-18(16)13-11-15/h2,4-8,15H,1,3,9-13H2. The van der Waals surface area contributed by atoms with Crippen molar-refractivity contribution in [2.75, 3.05) is 13.1 Å². The first-order valence-electron chi connectivity index (χ1n) is 7.04. The van der Waals surface area contributed by atoms with E-state index >= 15 is 0 Å². The molecular weight excluding hydrogens is 218 g/mol. The average molecular weight is 239 g/mol. The molecule has 1 aromatic rings. The van der Waals surface area contributed by atoms with Gasteiger partial charge in [-0.15, -0.1) is 6.58 Å². The number of rotatable bonds is 4. The lowest BCUT2D eigenvalue weighted by Crippen LogP contribution is -2.39.